The minimum Gasteiger partial charge on any atom is -0.497 e. The lowest BCUT2D eigenvalue weighted by Gasteiger charge is -2.09. The van der Waals surface area contributed by atoms with E-state index in [2.05, 4.69) is 15.8 Å². The van der Waals surface area contributed by atoms with Crippen LogP contribution in [-0.2, 0) is 9.59 Å². The van der Waals surface area contributed by atoms with Crippen molar-refractivity contribution in [3.63, 3.8) is 0 Å². The third-order valence-electron chi connectivity index (χ3n) is 4.05. The van der Waals surface area contributed by atoms with E-state index < -0.39 is 17.8 Å². The maximum Gasteiger partial charge on any atom is 0.379 e. The van der Waals surface area contributed by atoms with Crippen molar-refractivity contribution in [3.8, 4) is 17.2 Å². The molecule has 0 aliphatic heterocycles. The smallest absolute Gasteiger partial charge is 0.379 e. The number of nitrogens with zero attached hydrogens (tertiary/aromatic N) is 1. The number of methoxy groups -OCH3 is 2. The summed E-state index contributed by atoms with van der Waals surface area (Å²) < 4.78 is 20.5. The highest BCUT2D eigenvalue weighted by molar-refractivity contribution is 6.39. The average molecular weight is 437 g/mol. The van der Waals surface area contributed by atoms with Crippen LogP contribution in [0.15, 0.2) is 70.4 Å². The zero-order chi connectivity index (χ0) is 22.9. The fourth-order valence-corrected chi connectivity index (χ4v) is 2.47. The molecule has 0 saturated heterocycles. The summed E-state index contributed by atoms with van der Waals surface area (Å²) in [6.45, 7) is 0. The van der Waals surface area contributed by atoms with Crippen LogP contribution in [0, 0.1) is 0 Å². The molecule has 0 aliphatic carbocycles. The number of benzene rings is 2. The number of ether oxygens (including phenoxy) is 3. The van der Waals surface area contributed by atoms with Gasteiger partial charge in [0, 0.05) is 5.69 Å². The molecule has 0 fully saturated rings. The second-order valence-corrected chi connectivity index (χ2v) is 6.16. The molecule has 0 bridgehead atoms. The quantitative estimate of drug-likeness (QED) is 0.191. The van der Waals surface area contributed by atoms with Crippen LogP contribution in [-0.4, -0.2) is 38.2 Å². The molecule has 1 heterocycles. The molecule has 0 aliphatic rings. The van der Waals surface area contributed by atoms with Gasteiger partial charge in [-0.15, -0.1) is 0 Å². The molecule has 32 heavy (non-hydrogen) atoms. The highest BCUT2D eigenvalue weighted by atomic mass is 16.6. The lowest BCUT2D eigenvalue weighted by molar-refractivity contribution is -0.136. The van der Waals surface area contributed by atoms with Crippen molar-refractivity contribution in [2.75, 3.05) is 19.5 Å². The Morgan fingerprint density at radius 3 is 2.38 bits per heavy atom. The monoisotopic (exact) mass is 437 g/mol. The van der Waals surface area contributed by atoms with Gasteiger partial charge in [0.25, 0.3) is 0 Å². The first kappa shape index (κ1) is 22.1. The number of rotatable bonds is 7. The Morgan fingerprint density at radius 1 is 0.938 bits per heavy atom. The van der Waals surface area contributed by atoms with Gasteiger partial charge in [0.1, 0.15) is 5.75 Å². The third-order valence-corrected chi connectivity index (χ3v) is 4.05. The van der Waals surface area contributed by atoms with E-state index >= 15 is 0 Å². The highest BCUT2D eigenvalue weighted by Gasteiger charge is 2.15. The molecule has 2 aromatic carbocycles. The lowest BCUT2D eigenvalue weighted by Crippen LogP contribution is -2.32. The number of hydrogen-bond donors (Lipinski definition) is 2. The molecule has 1 aromatic heterocycles. The normalized spacial score (nSPS) is 10.4. The summed E-state index contributed by atoms with van der Waals surface area (Å²) in [5, 5.41) is 6.20. The lowest BCUT2D eigenvalue weighted by atomic mass is 10.2. The largest absolute Gasteiger partial charge is 0.497 e. The van der Waals surface area contributed by atoms with Crippen molar-refractivity contribution < 1.29 is 33.0 Å². The fourth-order valence-electron chi connectivity index (χ4n) is 2.47. The molecule has 10 nitrogen and oxygen atoms in total. The maximum atomic E-state index is 12.0. The minimum atomic E-state index is -0.951. The molecule has 2 N–H and O–H groups in total. The van der Waals surface area contributed by atoms with Crippen LogP contribution < -0.4 is 25.0 Å². The van der Waals surface area contributed by atoms with Gasteiger partial charge in [-0.2, -0.15) is 5.10 Å². The summed E-state index contributed by atoms with van der Waals surface area (Å²) in [6.07, 6.45) is 2.66. The SMILES string of the molecule is COc1ccc(NC(=O)C(=O)NN=Cc2ccc(OC(=O)c3ccco3)c(OC)c2)cc1. The highest BCUT2D eigenvalue weighted by Crippen LogP contribution is 2.28. The van der Waals surface area contributed by atoms with Crippen LogP contribution in [0.1, 0.15) is 16.1 Å². The van der Waals surface area contributed by atoms with Gasteiger partial charge in [-0.25, -0.2) is 10.2 Å². The van der Waals surface area contributed by atoms with Crippen molar-refractivity contribution in [1.82, 2.24) is 5.43 Å². The molecule has 0 unspecified atom stereocenters. The van der Waals surface area contributed by atoms with Crippen molar-refractivity contribution in [1.29, 1.82) is 0 Å². The Labute approximate surface area is 182 Å². The van der Waals surface area contributed by atoms with Gasteiger partial charge in [-0.1, -0.05) is 0 Å². The van der Waals surface area contributed by atoms with E-state index in [0.717, 1.165) is 0 Å². The number of anilines is 1. The van der Waals surface area contributed by atoms with E-state index in [1.54, 1.807) is 36.4 Å². The summed E-state index contributed by atoms with van der Waals surface area (Å²) >= 11 is 0. The minimum absolute atomic E-state index is 0.0494. The number of amides is 2. The Balaban J connectivity index is 1.57. The number of esters is 1. The number of carbonyl (C=O) groups is 3. The van der Waals surface area contributed by atoms with Gasteiger partial charge >= 0.3 is 17.8 Å². The average Bonchev–Trinajstić information content (AvgIpc) is 3.35. The molecule has 3 rings (SSSR count). The zero-order valence-corrected chi connectivity index (χ0v) is 17.2. The maximum absolute atomic E-state index is 12.0. The standard InChI is InChI=1S/C22H19N3O7/c1-29-16-8-6-15(7-9-16)24-20(26)21(27)25-23-13-14-5-10-17(19(12-14)30-2)32-22(28)18-4-3-11-31-18/h3-13H,1-2H3,(H,24,26)(H,25,27). The van der Waals surface area contributed by atoms with Crippen LogP contribution in [0.25, 0.3) is 0 Å². The predicted octanol–water partition coefficient (Wildman–Crippen LogP) is 2.60. The van der Waals surface area contributed by atoms with Crippen LogP contribution in [0.2, 0.25) is 0 Å². The van der Waals surface area contributed by atoms with Crippen LogP contribution >= 0.6 is 0 Å². The molecule has 0 radical (unpaired) electrons. The third kappa shape index (κ3) is 5.72. The van der Waals surface area contributed by atoms with Gasteiger partial charge in [0.15, 0.2) is 11.5 Å². The van der Waals surface area contributed by atoms with Crippen molar-refractivity contribution in [3.05, 3.63) is 72.2 Å². The fraction of sp³-hybridized carbons (Fsp3) is 0.0909. The van der Waals surface area contributed by atoms with E-state index in [9.17, 15) is 14.4 Å². The Bertz CT molecular complexity index is 1120. The van der Waals surface area contributed by atoms with Crippen molar-refractivity contribution in [2.45, 2.75) is 0 Å². The zero-order valence-electron chi connectivity index (χ0n) is 17.2. The Hall–Kier alpha value is -4.60. The molecule has 0 saturated carbocycles. The first-order valence-corrected chi connectivity index (χ1v) is 9.22. The first-order valence-electron chi connectivity index (χ1n) is 9.22. The van der Waals surface area contributed by atoms with Gasteiger partial charge in [-0.05, 0) is 60.2 Å². The second-order valence-electron chi connectivity index (χ2n) is 6.16. The molecular formula is C22H19N3O7. The topological polar surface area (TPSA) is 128 Å². The summed E-state index contributed by atoms with van der Waals surface area (Å²) in [5.74, 6) is -1.41. The van der Waals surface area contributed by atoms with Crippen molar-refractivity contribution in [2.24, 2.45) is 5.10 Å². The second kappa shape index (κ2) is 10.4. The van der Waals surface area contributed by atoms with Gasteiger partial charge in [0.05, 0.1) is 26.7 Å². The van der Waals surface area contributed by atoms with Crippen LogP contribution in [0.4, 0.5) is 5.69 Å². The van der Waals surface area contributed by atoms with E-state index in [1.165, 1.54) is 44.9 Å². The number of nitrogens with one attached hydrogen (secondary N) is 2. The number of hydrazone groups is 1. The van der Waals surface area contributed by atoms with Gasteiger partial charge in [0.2, 0.25) is 5.76 Å². The number of carbonyl (C=O) groups excluding carboxylic acids is 3. The van der Waals surface area contributed by atoms with Crippen LogP contribution in [0.5, 0.6) is 17.2 Å². The molecular weight excluding hydrogens is 418 g/mol. The van der Waals surface area contributed by atoms with E-state index in [0.29, 0.717) is 17.0 Å². The molecule has 0 atom stereocenters. The molecule has 164 valence electrons. The summed E-state index contributed by atoms with van der Waals surface area (Å²) in [4.78, 5) is 35.9. The summed E-state index contributed by atoms with van der Waals surface area (Å²) in [6, 6.07) is 14.2. The van der Waals surface area contributed by atoms with Crippen molar-refractivity contribution >= 4 is 29.7 Å². The predicted molar refractivity (Wildman–Crippen MR) is 114 cm³/mol. The van der Waals surface area contributed by atoms with Crippen LogP contribution in [0.3, 0.4) is 0 Å². The van der Waals surface area contributed by atoms with E-state index in [4.69, 9.17) is 18.6 Å². The molecule has 2 amide bonds. The molecule has 10 heteroatoms. The van der Waals surface area contributed by atoms with E-state index in [1.807, 2.05) is 0 Å². The number of furan rings is 1. The Morgan fingerprint density at radius 2 is 1.72 bits per heavy atom. The Kier molecular flexibility index (Phi) is 7.20. The summed E-state index contributed by atoms with van der Waals surface area (Å²) in [7, 11) is 2.93. The molecule has 0 spiro atoms. The van der Waals surface area contributed by atoms with Gasteiger partial charge < -0.3 is 23.9 Å². The first-order chi connectivity index (χ1) is 15.5. The van der Waals surface area contributed by atoms with Gasteiger partial charge in [-0.3, -0.25) is 9.59 Å². The summed E-state index contributed by atoms with van der Waals surface area (Å²) in [5.41, 5.74) is 3.09. The molecule has 3 aromatic rings. The number of hydrogen-bond acceptors (Lipinski definition) is 8. The van der Waals surface area contributed by atoms with E-state index in [-0.39, 0.29) is 17.3 Å².